The predicted octanol–water partition coefficient (Wildman–Crippen LogP) is 4.98. The number of nitrogens with two attached hydrogens (primary N) is 1. The minimum atomic E-state index is -0.299. The number of anilines is 1. The maximum Gasteiger partial charge on any atom is 0.240 e. The molecule has 6 nitrogen and oxygen atoms in total. The Morgan fingerprint density at radius 2 is 1.77 bits per heavy atom. The number of rotatable bonds is 5. The molecule has 0 fully saturated rings. The minimum absolute atomic E-state index is 0.0991. The molecular weight excluding hydrogens is 391 g/mol. The third-order valence-electron chi connectivity index (χ3n) is 5.47. The highest BCUT2D eigenvalue weighted by Crippen LogP contribution is 2.32. The van der Waals surface area contributed by atoms with Crippen molar-refractivity contribution in [2.45, 2.75) is 19.4 Å². The highest BCUT2D eigenvalue weighted by Gasteiger charge is 2.17. The molecule has 154 valence electrons. The van der Waals surface area contributed by atoms with Gasteiger partial charge in [-0.25, -0.2) is 8.91 Å². The van der Waals surface area contributed by atoms with Crippen LogP contribution < -0.4 is 5.73 Å². The number of pyridine rings is 1. The molecule has 0 saturated heterocycles. The molecule has 1 atom stereocenters. The number of benzene rings is 2. The molecule has 0 bridgehead atoms. The van der Waals surface area contributed by atoms with Crippen LogP contribution in [0.4, 0.5) is 10.3 Å². The van der Waals surface area contributed by atoms with Crippen LogP contribution >= 0.6 is 0 Å². The first-order valence-electron chi connectivity index (χ1n) is 10.1. The predicted molar refractivity (Wildman–Crippen MR) is 119 cm³/mol. The van der Waals surface area contributed by atoms with Crippen LogP contribution in [0.2, 0.25) is 0 Å². The summed E-state index contributed by atoms with van der Waals surface area (Å²) in [7, 11) is 0. The normalized spacial score (nSPS) is 12.3. The van der Waals surface area contributed by atoms with E-state index in [4.69, 9.17) is 5.73 Å². The lowest BCUT2D eigenvalue weighted by Crippen LogP contribution is -2.09. The van der Waals surface area contributed by atoms with Gasteiger partial charge in [0.1, 0.15) is 5.82 Å². The van der Waals surface area contributed by atoms with E-state index < -0.39 is 0 Å². The van der Waals surface area contributed by atoms with Crippen molar-refractivity contribution in [2.24, 2.45) is 0 Å². The molecule has 7 heteroatoms. The van der Waals surface area contributed by atoms with E-state index in [9.17, 15) is 0 Å². The highest BCUT2D eigenvalue weighted by atomic mass is 19.1. The van der Waals surface area contributed by atoms with E-state index in [0.717, 1.165) is 12.0 Å². The fourth-order valence-corrected chi connectivity index (χ4v) is 3.94. The molecule has 1 unspecified atom stereocenters. The average molecular weight is 412 g/mol. The topological polar surface area (TPSA) is 74.0 Å². The lowest BCUT2D eigenvalue weighted by atomic mass is 10.00. The molecule has 0 aliphatic carbocycles. The Kier molecular flexibility index (Phi) is 4.71. The second-order valence-corrected chi connectivity index (χ2v) is 7.40. The molecule has 2 N–H and O–H groups in total. The summed E-state index contributed by atoms with van der Waals surface area (Å²) < 4.78 is 19.0. The summed E-state index contributed by atoms with van der Waals surface area (Å²) >= 11 is 0. The monoisotopic (exact) mass is 412 g/mol. The van der Waals surface area contributed by atoms with E-state index in [0.29, 0.717) is 22.3 Å². The summed E-state index contributed by atoms with van der Waals surface area (Å²) in [4.78, 5) is 4.16. The Labute approximate surface area is 178 Å². The quantitative estimate of drug-likeness (QED) is 0.442. The molecule has 2 aromatic carbocycles. The maximum absolute atomic E-state index is 15.6. The van der Waals surface area contributed by atoms with Crippen molar-refractivity contribution in [2.75, 3.05) is 5.73 Å². The Hall–Kier alpha value is -4.00. The third-order valence-corrected chi connectivity index (χ3v) is 5.47. The minimum Gasteiger partial charge on any atom is -0.366 e. The van der Waals surface area contributed by atoms with Crippen LogP contribution in [0.5, 0.6) is 0 Å². The first kappa shape index (κ1) is 19.0. The van der Waals surface area contributed by atoms with Gasteiger partial charge in [-0.2, -0.15) is 10.1 Å². The van der Waals surface area contributed by atoms with Gasteiger partial charge < -0.3 is 5.73 Å². The maximum atomic E-state index is 15.6. The van der Waals surface area contributed by atoms with Gasteiger partial charge in [0.05, 0.1) is 12.2 Å². The van der Waals surface area contributed by atoms with Crippen molar-refractivity contribution < 1.29 is 4.39 Å². The van der Waals surface area contributed by atoms with Crippen LogP contribution in [0.3, 0.4) is 0 Å². The molecule has 0 amide bonds. The van der Waals surface area contributed by atoms with Gasteiger partial charge in [-0.3, -0.25) is 4.68 Å². The molecular formula is C24H21FN6. The summed E-state index contributed by atoms with van der Waals surface area (Å²) in [5.74, 6) is -0.116. The number of hydrogen-bond donors (Lipinski definition) is 1. The Morgan fingerprint density at radius 1 is 1.00 bits per heavy atom. The van der Waals surface area contributed by atoms with Crippen LogP contribution in [0.25, 0.3) is 27.9 Å². The van der Waals surface area contributed by atoms with E-state index in [1.54, 1.807) is 41.2 Å². The SMILES string of the molecule is CCC(c1ccccc1)n1cc(-c2cccc(-c3ccn4nc(N)nc4c3)c2F)cn1. The Bertz CT molecular complexity index is 1360. The van der Waals surface area contributed by atoms with E-state index in [-0.39, 0.29) is 17.8 Å². The summed E-state index contributed by atoms with van der Waals surface area (Å²) in [6.07, 6.45) is 6.24. The van der Waals surface area contributed by atoms with Crippen LogP contribution in [0, 0.1) is 5.82 Å². The summed E-state index contributed by atoms with van der Waals surface area (Å²) in [5, 5.41) is 8.61. The number of halogens is 1. The van der Waals surface area contributed by atoms with E-state index >= 15 is 4.39 Å². The molecule has 0 spiro atoms. The second kappa shape index (κ2) is 7.68. The van der Waals surface area contributed by atoms with Crippen LogP contribution in [0.15, 0.2) is 79.3 Å². The summed E-state index contributed by atoms with van der Waals surface area (Å²) in [6.45, 7) is 2.12. The molecule has 31 heavy (non-hydrogen) atoms. The molecule has 5 aromatic rings. The van der Waals surface area contributed by atoms with Gasteiger partial charge in [0, 0.05) is 29.1 Å². The largest absolute Gasteiger partial charge is 0.366 e. The number of nitrogens with zero attached hydrogens (tertiary/aromatic N) is 5. The van der Waals surface area contributed by atoms with Gasteiger partial charge in [-0.15, -0.1) is 5.10 Å². The van der Waals surface area contributed by atoms with E-state index in [2.05, 4.69) is 34.2 Å². The van der Waals surface area contributed by atoms with Crippen molar-refractivity contribution in [1.82, 2.24) is 24.4 Å². The highest BCUT2D eigenvalue weighted by molar-refractivity contribution is 5.75. The van der Waals surface area contributed by atoms with Crippen molar-refractivity contribution >= 4 is 11.6 Å². The van der Waals surface area contributed by atoms with Crippen molar-refractivity contribution in [3.05, 3.63) is 90.6 Å². The number of hydrogen-bond acceptors (Lipinski definition) is 4. The fourth-order valence-electron chi connectivity index (χ4n) is 3.94. The Morgan fingerprint density at radius 3 is 2.55 bits per heavy atom. The first-order valence-corrected chi connectivity index (χ1v) is 10.1. The average Bonchev–Trinajstić information content (AvgIpc) is 3.41. The van der Waals surface area contributed by atoms with Crippen molar-refractivity contribution in [1.29, 1.82) is 0 Å². The van der Waals surface area contributed by atoms with Gasteiger partial charge in [0.25, 0.3) is 0 Å². The standard InChI is InChI=1S/C24H21FN6/c1-2-21(16-7-4-3-5-8-16)31-15-18(14-27-31)20-10-6-9-19(23(20)25)17-11-12-30-22(13-17)28-24(26)29-30/h3-15,21H,2H2,1H3,(H2,26,29). The second-order valence-electron chi connectivity index (χ2n) is 7.40. The van der Waals surface area contributed by atoms with Gasteiger partial charge in [0.15, 0.2) is 5.65 Å². The van der Waals surface area contributed by atoms with Crippen LogP contribution in [-0.2, 0) is 0 Å². The van der Waals surface area contributed by atoms with Gasteiger partial charge in [0.2, 0.25) is 5.95 Å². The third kappa shape index (κ3) is 3.44. The van der Waals surface area contributed by atoms with Crippen molar-refractivity contribution in [3.8, 4) is 22.3 Å². The number of fused-ring (bicyclic) bond motifs is 1. The first-order chi connectivity index (χ1) is 15.1. The zero-order valence-electron chi connectivity index (χ0n) is 17.0. The molecule has 5 rings (SSSR count). The van der Waals surface area contributed by atoms with Gasteiger partial charge in [-0.1, -0.05) is 55.5 Å². The van der Waals surface area contributed by atoms with Crippen molar-refractivity contribution in [3.63, 3.8) is 0 Å². The zero-order chi connectivity index (χ0) is 21.4. The molecule has 3 heterocycles. The lowest BCUT2D eigenvalue weighted by molar-refractivity contribution is 0.509. The van der Waals surface area contributed by atoms with Crippen LogP contribution in [0.1, 0.15) is 24.9 Å². The van der Waals surface area contributed by atoms with E-state index in [1.165, 1.54) is 5.56 Å². The molecule has 0 saturated carbocycles. The summed E-state index contributed by atoms with van der Waals surface area (Å²) in [6, 6.07) is 19.3. The van der Waals surface area contributed by atoms with Gasteiger partial charge in [-0.05, 0) is 29.7 Å². The Balaban J connectivity index is 1.53. The fraction of sp³-hybridized carbons (Fsp3) is 0.125. The number of aromatic nitrogens is 5. The molecule has 0 aliphatic heterocycles. The smallest absolute Gasteiger partial charge is 0.240 e. The molecule has 3 aromatic heterocycles. The molecule has 0 radical (unpaired) electrons. The lowest BCUT2D eigenvalue weighted by Gasteiger charge is -2.16. The van der Waals surface area contributed by atoms with E-state index in [1.807, 2.05) is 35.1 Å². The summed E-state index contributed by atoms with van der Waals surface area (Å²) in [5.41, 5.74) is 9.85. The van der Waals surface area contributed by atoms with Gasteiger partial charge >= 0.3 is 0 Å². The molecule has 0 aliphatic rings. The number of nitrogen functional groups attached to an aromatic ring is 1. The zero-order valence-corrected chi connectivity index (χ0v) is 17.0. The van der Waals surface area contributed by atoms with Crippen LogP contribution in [-0.4, -0.2) is 24.4 Å².